The highest BCUT2D eigenvalue weighted by atomic mass is 16.6. The van der Waals surface area contributed by atoms with Crippen molar-refractivity contribution in [1.82, 2.24) is 5.32 Å². The third-order valence-corrected chi connectivity index (χ3v) is 4.30. The molecule has 0 heterocycles. The highest BCUT2D eigenvalue weighted by Crippen LogP contribution is 2.21. The Bertz CT molecular complexity index is 690. The van der Waals surface area contributed by atoms with E-state index in [2.05, 4.69) is 5.32 Å². The molecule has 1 aromatic rings. The van der Waals surface area contributed by atoms with Crippen LogP contribution in [-0.4, -0.2) is 54.9 Å². The molecule has 1 rings (SSSR count). The van der Waals surface area contributed by atoms with Crippen molar-refractivity contribution in [3.05, 3.63) is 29.8 Å². The summed E-state index contributed by atoms with van der Waals surface area (Å²) in [6.07, 6.45) is 0.0327. The fraction of sp³-hybridized carbons (Fsp3) is 0.571. The summed E-state index contributed by atoms with van der Waals surface area (Å²) in [5.41, 5.74) is -1.60. The van der Waals surface area contributed by atoms with E-state index in [1.165, 1.54) is 13.8 Å². The predicted molar refractivity (Wildman–Crippen MR) is 107 cm³/mol. The Labute approximate surface area is 171 Å². The second kappa shape index (κ2) is 10.8. The lowest BCUT2D eigenvalue weighted by molar-refractivity contribution is -0.153. The van der Waals surface area contributed by atoms with Gasteiger partial charge in [0.25, 0.3) is 0 Å². The Morgan fingerprint density at radius 3 is 2.14 bits per heavy atom. The molecule has 0 saturated heterocycles. The van der Waals surface area contributed by atoms with Gasteiger partial charge in [0.05, 0.1) is 12.0 Å². The molecule has 0 bridgehead atoms. The van der Waals surface area contributed by atoms with E-state index in [9.17, 15) is 19.5 Å². The molecular weight excluding hydrogens is 378 g/mol. The Morgan fingerprint density at radius 1 is 0.966 bits per heavy atom. The average Bonchev–Trinajstić information content (AvgIpc) is 2.67. The lowest BCUT2D eigenvalue weighted by atomic mass is 9.91. The van der Waals surface area contributed by atoms with Gasteiger partial charge in [-0.05, 0) is 58.4 Å². The van der Waals surface area contributed by atoms with Gasteiger partial charge in [-0.15, -0.1) is 0 Å². The fourth-order valence-corrected chi connectivity index (χ4v) is 2.04. The van der Waals surface area contributed by atoms with Crippen LogP contribution in [0, 0.1) is 5.41 Å². The number of esters is 1. The molecular formula is C21H31NO7. The number of ketones is 1. The molecule has 1 amide bonds. The second-order valence-corrected chi connectivity index (χ2v) is 7.70. The summed E-state index contributed by atoms with van der Waals surface area (Å²) in [7, 11) is 0. The van der Waals surface area contributed by atoms with Crippen molar-refractivity contribution < 1.29 is 33.7 Å². The number of Topliss-reactive ketones (excluding diaryl/α,β-unsaturated/α-hetero) is 1. The van der Waals surface area contributed by atoms with E-state index < -0.39 is 17.1 Å². The number of hydrogen-bond acceptors (Lipinski definition) is 7. The summed E-state index contributed by atoms with van der Waals surface area (Å²) in [5, 5.41) is 12.2. The number of alkyl carbamates (subject to hydrolysis) is 1. The molecule has 0 fully saturated rings. The van der Waals surface area contributed by atoms with Gasteiger partial charge in [0.1, 0.15) is 31.2 Å². The van der Waals surface area contributed by atoms with Crippen LogP contribution in [0.25, 0.3) is 0 Å². The highest BCUT2D eigenvalue weighted by Gasteiger charge is 2.27. The minimum absolute atomic E-state index is 0.0266. The van der Waals surface area contributed by atoms with E-state index in [1.54, 1.807) is 38.1 Å². The predicted octanol–water partition coefficient (Wildman–Crippen LogP) is 2.72. The summed E-state index contributed by atoms with van der Waals surface area (Å²) in [4.78, 5) is 35.3. The molecule has 8 heteroatoms. The molecule has 0 aromatic heterocycles. The van der Waals surface area contributed by atoms with Crippen molar-refractivity contribution >= 4 is 17.8 Å². The Hall–Kier alpha value is -2.61. The minimum atomic E-state index is -1.44. The first-order valence-electron chi connectivity index (χ1n) is 9.55. The second-order valence-electron chi connectivity index (χ2n) is 7.70. The smallest absolute Gasteiger partial charge is 0.407 e. The number of benzene rings is 1. The van der Waals surface area contributed by atoms with Crippen molar-refractivity contribution in [1.29, 1.82) is 0 Å². The Balaban J connectivity index is 2.22. The van der Waals surface area contributed by atoms with E-state index >= 15 is 0 Å². The normalized spacial score (nSPS) is 11.5. The van der Waals surface area contributed by atoms with E-state index in [1.807, 2.05) is 6.92 Å². The molecule has 8 nitrogen and oxygen atoms in total. The molecule has 0 radical (unpaired) electrons. The van der Waals surface area contributed by atoms with Gasteiger partial charge in [-0.25, -0.2) is 4.79 Å². The number of nitrogens with one attached hydrogen (secondary N) is 1. The Morgan fingerprint density at radius 2 is 1.59 bits per heavy atom. The number of amides is 1. The van der Waals surface area contributed by atoms with Crippen molar-refractivity contribution in [2.75, 3.05) is 26.4 Å². The Kier molecular flexibility index (Phi) is 9.10. The molecule has 162 valence electrons. The summed E-state index contributed by atoms with van der Waals surface area (Å²) in [5.74, 6) is -0.182. The lowest BCUT2D eigenvalue weighted by Gasteiger charge is -2.20. The summed E-state index contributed by atoms with van der Waals surface area (Å²) in [6, 6.07) is 6.32. The number of ether oxygens (including phenoxy) is 3. The molecule has 2 N–H and O–H groups in total. The minimum Gasteiger partial charge on any atom is -0.490 e. The molecule has 0 atom stereocenters. The maximum absolute atomic E-state index is 11.9. The van der Waals surface area contributed by atoms with Crippen LogP contribution in [0.3, 0.4) is 0 Å². The first-order chi connectivity index (χ1) is 13.5. The van der Waals surface area contributed by atoms with Gasteiger partial charge in [0, 0.05) is 5.56 Å². The molecule has 0 saturated carbocycles. The monoisotopic (exact) mass is 409 g/mol. The SMILES string of the molecule is CCC(C)(C)C(=O)OCCNC(=O)OCCOc1ccc(C(=O)C(C)(C)O)cc1. The molecule has 29 heavy (non-hydrogen) atoms. The molecule has 0 aliphatic heterocycles. The maximum atomic E-state index is 11.9. The van der Waals surface area contributed by atoms with Gasteiger partial charge in [-0.1, -0.05) is 6.92 Å². The van der Waals surface area contributed by atoms with Crippen LogP contribution >= 0.6 is 0 Å². The fourth-order valence-electron chi connectivity index (χ4n) is 2.04. The summed E-state index contributed by atoms with van der Waals surface area (Å²) in [6.45, 7) is 8.75. The van der Waals surface area contributed by atoms with Gasteiger partial charge in [-0.3, -0.25) is 9.59 Å². The standard InChI is InChI=1S/C21H31NO7/c1-6-20(2,3)18(24)28-12-11-22-19(25)29-14-13-27-16-9-7-15(8-10-16)17(23)21(4,5)26/h7-10,26H,6,11-14H2,1-5H3,(H,22,25). The zero-order valence-electron chi connectivity index (χ0n) is 17.7. The van der Waals surface area contributed by atoms with Crippen LogP contribution in [-0.2, 0) is 14.3 Å². The topological polar surface area (TPSA) is 111 Å². The third-order valence-electron chi connectivity index (χ3n) is 4.30. The first-order valence-corrected chi connectivity index (χ1v) is 9.55. The van der Waals surface area contributed by atoms with Gasteiger partial charge < -0.3 is 24.6 Å². The van der Waals surface area contributed by atoms with Crippen LogP contribution in [0.2, 0.25) is 0 Å². The maximum Gasteiger partial charge on any atom is 0.407 e. The van der Waals surface area contributed by atoms with Crippen molar-refractivity contribution in [2.45, 2.75) is 46.6 Å². The van der Waals surface area contributed by atoms with E-state index in [0.717, 1.165) is 0 Å². The van der Waals surface area contributed by atoms with Gasteiger partial charge in [0.15, 0.2) is 5.78 Å². The van der Waals surface area contributed by atoms with Crippen LogP contribution < -0.4 is 10.1 Å². The number of hydrogen-bond donors (Lipinski definition) is 2. The molecule has 0 unspecified atom stereocenters. The lowest BCUT2D eigenvalue weighted by Crippen LogP contribution is -2.32. The number of carbonyl (C=O) groups is 3. The van der Waals surface area contributed by atoms with E-state index in [4.69, 9.17) is 14.2 Å². The van der Waals surface area contributed by atoms with Gasteiger partial charge >= 0.3 is 12.1 Å². The van der Waals surface area contributed by atoms with Crippen LogP contribution in [0.1, 0.15) is 51.4 Å². The zero-order chi connectivity index (χ0) is 22.1. The molecule has 1 aromatic carbocycles. The summed E-state index contributed by atoms with van der Waals surface area (Å²) < 4.78 is 15.5. The quantitative estimate of drug-likeness (QED) is 0.328. The van der Waals surface area contributed by atoms with Crippen molar-refractivity contribution in [2.24, 2.45) is 5.41 Å². The van der Waals surface area contributed by atoms with E-state index in [-0.39, 0.29) is 38.1 Å². The van der Waals surface area contributed by atoms with Crippen LogP contribution in [0.5, 0.6) is 5.75 Å². The highest BCUT2D eigenvalue weighted by molar-refractivity contribution is 6.01. The van der Waals surface area contributed by atoms with Gasteiger partial charge in [-0.2, -0.15) is 0 Å². The number of rotatable bonds is 11. The summed E-state index contributed by atoms with van der Waals surface area (Å²) >= 11 is 0. The van der Waals surface area contributed by atoms with Crippen molar-refractivity contribution in [3.63, 3.8) is 0 Å². The van der Waals surface area contributed by atoms with Crippen molar-refractivity contribution in [3.8, 4) is 5.75 Å². The van der Waals surface area contributed by atoms with Crippen LogP contribution in [0.15, 0.2) is 24.3 Å². The first kappa shape index (κ1) is 24.4. The van der Waals surface area contributed by atoms with Gasteiger partial charge in [0.2, 0.25) is 0 Å². The average molecular weight is 409 g/mol. The van der Waals surface area contributed by atoms with Crippen LogP contribution in [0.4, 0.5) is 4.79 Å². The zero-order valence-corrected chi connectivity index (χ0v) is 17.7. The number of aliphatic hydroxyl groups is 1. The third kappa shape index (κ3) is 8.51. The molecule has 0 aliphatic rings. The largest absolute Gasteiger partial charge is 0.490 e. The number of carbonyl (C=O) groups excluding carboxylic acids is 3. The molecule has 0 aliphatic carbocycles. The van der Waals surface area contributed by atoms with E-state index in [0.29, 0.717) is 17.7 Å². The molecule has 0 spiro atoms.